The second kappa shape index (κ2) is 10.7. The lowest BCUT2D eigenvalue weighted by atomic mass is 9.89. The molecule has 2 rings (SSSR count). The van der Waals surface area contributed by atoms with Crippen LogP contribution in [0.15, 0.2) is 4.99 Å². The van der Waals surface area contributed by atoms with Crippen LogP contribution in [0, 0.1) is 5.41 Å². The first-order valence-electron chi connectivity index (χ1n) is 8.97. The quantitative estimate of drug-likeness (QED) is 0.380. The fourth-order valence-electron chi connectivity index (χ4n) is 3.39. The second-order valence-corrected chi connectivity index (χ2v) is 7.09. The molecule has 5 nitrogen and oxygen atoms in total. The molecule has 1 atom stereocenters. The van der Waals surface area contributed by atoms with Crippen LogP contribution in [0.3, 0.4) is 0 Å². The predicted molar refractivity (Wildman–Crippen MR) is 108 cm³/mol. The molecule has 0 aromatic rings. The van der Waals surface area contributed by atoms with Crippen LogP contribution in [0.25, 0.3) is 0 Å². The average Bonchev–Trinajstić information content (AvgIpc) is 2.98. The third kappa shape index (κ3) is 7.13. The standard InChI is InChI=1S/C17H34N4O.HI/c1-4-18-16(20-14-17(3)7-5-6-8-17)19-13-15(2)21-9-11-22-12-10-21;/h15H,4-14H2,1-3H3,(H2,18,19,20);1H. The van der Waals surface area contributed by atoms with Gasteiger partial charge in [-0.1, -0.05) is 19.8 Å². The van der Waals surface area contributed by atoms with Crippen molar-refractivity contribution in [1.82, 2.24) is 15.5 Å². The zero-order chi connectivity index (χ0) is 15.8. The number of nitrogens with one attached hydrogen (secondary N) is 2. The summed E-state index contributed by atoms with van der Waals surface area (Å²) < 4.78 is 5.42. The Kier molecular flexibility index (Phi) is 9.77. The highest BCUT2D eigenvalue weighted by Gasteiger charge is 2.28. The van der Waals surface area contributed by atoms with E-state index in [1.54, 1.807) is 0 Å². The van der Waals surface area contributed by atoms with Crippen molar-refractivity contribution >= 4 is 29.9 Å². The summed E-state index contributed by atoms with van der Waals surface area (Å²) in [5, 5.41) is 6.89. The molecule has 6 heteroatoms. The maximum atomic E-state index is 5.42. The number of hydrogen-bond donors (Lipinski definition) is 2. The maximum Gasteiger partial charge on any atom is 0.191 e. The molecule has 1 aliphatic carbocycles. The van der Waals surface area contributed by atoms with Crippen LogP contribution in [-0.4, -0.2) is 62.8 Å². The first-order chi connectivity index (χ1) is 10.6. The number of hydrogen-bond acceptors (Lipinski definition) is 3. The monoisotopic (exact) mass is 438 g/mol. The minimum absolute atomic E-state index is 0. The van der Waals surface area contributed by atoms with Crippen LogP contribution in [0.4, 0.5) is 0 Å². The van der Waals surface area contributed by atoms with Crippen LogP contribution in [0.2, 0.25) is 0 Å². The van der Waals surface area contributed by atoms with Crippen molar-refractivity contribution in [3.63, 3.8) is 0 Å². The third-order valence-corrected chi connectivity index (χ3v) is 5.01. The summed E-state index contributed by atoms with van der Waals surface area (Å²) in [7, 11) is 0. The van der Waals surface area contributed by atoms with Gasteiger partial charge in [0, 0.05) is 38.8 Å². The third-order valence-electron chi connectivity index (χ3n) is 5.01. The van der Waals surface area contributed by atoms with Crippen molar-refractivity contribution in [1.29, 1.82) is 0 Å². The molecule has 23 heavy (non-hydrogen) atoms. The molecule has 0 aromatic carbocycles. The summed E-state index contributed by atoms with van der Waals surface area (Å²) in [5.74, 6) is 0.968. The highest BCUT2D eigenvalue weighted by Crippen LogP contribution is 2.37. The van der Waals surface area contributed by atoms with E-state index in [4.69, 9.17) is 9.73 Å². The lowest BCUT2D eigenvalue weighted by molar-refractivity contribution is 0.0211. The van der Waals surface area contributed by atoms with Crippen LogP contribution in [0.5, 0.6) is 0 Å². The Labute approximate surface area is 159 Å². The molecule has 0 amide bonds. The van der Waals surface area contributed by atoms with E-state index in [2.05, 4.69) is 36.3 Å². The second-order valence-electron chi connectivity index (χ2n) is 7.09. The number of ether oxygens (including phenoxy) is 1. The zero-order valence-corrected chi connectivity index (χ0v) is 17.4. The van der Waals surface area contributed by atoms with Gasteiger partial charge < -0.3 is 15.4 Å². The normalized spacial score (nSPS) is 23.2. The predicted octanol–water partition coefficient (Wildman–Crippen LogP) is 2.46. The number of rotatable bonds is 6. The van der Waals surface area contributed by atoms with Crippen molar-refractivity contribution < 1.29 is 4.74 Å². The Balaban J connectivity index is 0.00000264. The Bertz CT molecular complexity index is 353. The molecule has 1 saturated heterocycles. The Morgan fingerprint density at radius 3 is 2.48 bits per heavy atom. The van der Waals surface area contributed by atoms with Gasteiger partial charge in [-0.15, -0.1) is 24.0 Å². The Morgan fingerprint density at radius 1 is 1.22 bits per heavy atom. The van der Waals surface area contributed by atoms with Crippen LogP contribution < -0.4 is 10.6 Å². The zero-order valence-electron chi connectivity index (χ0n) is 15.1. The summed E-state index contributed by atoms with van der Waals surface area (Å²) in [4.78, 5) is 7.32. The number of morpholine rings is 1. The van der Waals surface area contributed by atoms with E-state index in [-0.39, 0.29) is 24.0 Å². The van der Waals surface area contributed by atoms with Crippen molar-refractivity contribution in [2.24, 2.45) is 10.4 Å². The number of aliphatic imine (C=N–C) groups is 1. The summed E-state index contributed by atoms with van der Waals surface area (Å²) in [6, 6.07) is 0.509. The fourth-order valence-corrected chi connectivity index (χ4v) is 3.39. The van der Waals surface area contributed by atoms with E-state index in [1.165, 1.54) is 25.7 Å². The SMILES string of the molecule is CCNC(=NCC1(C)CCCC1)NCC(C)N1CCOCC1.I. The smallest absolute Gasteiger partial charge is 0.191 e. The van der Waals surface area contributed by atoms with Crippen LogP contribution in [-0.2, 0) is 4.74 Å². The Morgan fingerprint density at radius 2 is 1.87 bits per heavy atom. The van der Waals surface area contributed by atoms with Gasteiger partial charge in [0.15, 0.2) is 5.96 Å². The van der Waals surface area contributed by atoms with E-state index in [0.717, 1.165) is 51.9 Å². The van der Waals surface area contributed by atoms with Gasteiger partial charge in [-0.25, -0.2) is 0 Å². The summed E-state index contributed by atoms with van der Waals surface area (Å²) in [5.41, 5.74) is 0.415. The van der Waals surface area contributed by atoms with Gasteiger partial charge in [0.2, 0.25) is 0 Å². The molecule has 1 saturated carbocycles. The first-order valence-corrected chi connectivity index (χ1v) is 8.97. The number of guanidine groups is 1. The maximum absolute atomic E-state index is 5.42. The van der Waals surface area contributed by atoms with Crippen molar-refractivity contribution in [3.8, 4) is 0 Å². The van der Waals surface area contributed by atoms with Gasteiger partial charge in [-0.05, 0) is 32.1 Å². The van der Waals surface area contributed by atoms with Gasteiger partial charge in [0.25, 0.3) is 0 Å². The van der Waals surface area contributed by atoms with E-state index in [9.17, 15) is 0 Å². The first kappa shape index (κ1) is 21.0. The van der Waals surface area contributed by atoms with Crippen molar-refractivity contribution in [3.05, 3.63) is 0 Å². The number of nitrogens with zero attached hydrogens (tertiary/aromatic N) is 2. The van der Waals surface area contributed by atoms with E-state index in [1.807, 2.05) is 0 Å². The van der Waals surface area contributed by atoms with E-state index in [0.29, 0.717) is 11.5 Å². The Hall–Kier alpha value is -0.0800. The van der Waals surface area contributed by atoms with E-state index >= 15 is 0 Å². The molecule has 0 bridgehead atoms. The molecule has 1 heterocycles. The largest absolute Gasteiger partial charge is 0.379 e. The summed E-state index contributed by atoms with van der Waals surface area (Å²) >= 11 is 0. The van der Waals surface area contributed by atoms with Gasteiger partial charge in [-0.2, -0.15) is 0 Å². The van der Waals surface area contributed by atoms with Crippen LogP contribution in [0.1, 0.15) is 46.5 Å². The highest BCUT2D eigenvalue weighted by atomic mass is 127. The molecule has 136 valence electrons. The van der Waals surface area contributed by atoms with Crippen molar-refractivity contribution in [2.75, 3.05) is 45.9 Å². The molecule has 0 aromatic heterocycles. The molecule has 1 aliphatic heterocycles. The highest BCUT2D eigenvalue weighted by molar-refractivity contribution is 14.0. The van der Waals surface area contributed by atoms with Crippen molar-refractivity contribution in [2.45, 2.75) is 52.5 Å². The molecule has 2 aliphatic rings. The molecular formula is C17H35IN4O. The lowest BCUT2D eigenvalue weighted by Gasteiger charge is -2.32. The fraction of sp³-hybridized carbons (Fsp3) is 0.941. The minimum Gasteiger partial charge on any atom is -0.379 e. The van der Waals surface area contributed by atoms with Gasteiger partial charge in [0.1, 0.15) is 0 Å². The number of halogens is 1. The molecule has 0 spiro atoms. The molecular weight excluding hydrogens is 403 g/mol. The summed E-state index contributed by atoms with van der Waals surface area (Å²) in [6.45, 7) is 13.4. The average molecular weight is 438 g/mol. The van der Waals surface area contributed by atoms with E-state index < -0.39 is 0 Å². The molecule has 2 fully saturated rings. The lowest BCUT2D eigenvalue weighted by Crippen LogP contribution is -2.49. The van der Waals surface area contributed by atoms with Gasteiger partial charge in [0.05, 0.1) is 13.2 Å². The van der Waals surface area contributed by atoms with Gasteiger partial charge in [-0.3, -0.25) is 9.89 Å². The van der Waals surface area contributed by atoms with Gasteiger partial charge >= 0.3 is 0 Å². The minimum atomic E-state index is 0. The molecule has 2 N–H and O–H groups in total. The van der Waals surface area contributed by atoms with Crippen LogP contribution >= 0.6 is 24.0 Å². The molecule has 1 unspecified atom stereocenters. The topological polar surface area (TPSA) is 48.9 Å². The molecule has 0 radical (unpaired) electrons. The summed E-state index contributed by atoms with van der Waals surface area (Å²) in [6.07, 6.45) is 5.37.